The zero-order valence-corrected chi connectivity index (χ0v) is 7.97. The number of amides is 1. The van der Waals surface area contributed by atoms with Crippen molar-refractivity contribution in [3.05, 3.63) is 36.5 Å². The van der Waals surface area contributed by atoms with Gasteiger partial charge in [0.2, 0.25) is 5.91 Å². The molecule has 0 heterocycles. The van der Waals surface area contributed by atoms with Gasteiger partial charge in [0.05, 0.1) is 5.41 Å². The summed E-state index contributed by atoms with van der Waals surface area (Å²) in [6.07, 6.45) is 5.13. The maximum atomic E-state index is 11.3. The largest absolute Gasteiger partial charge is 0.369 e. The van der Waals surface area contributed by atoms with Gasteiger partial charge in [-0.1, -0.05) is 25.3 Å². The molecule has 1 atom stereocenters. The first-order chi connectivity index (χ1) is 6.06. The first-order valence-corrected chi connectivity index (χ1v) is 4.34. The quantitative estimate of drug-likeness (QED) is 0.703. The van der Waals surface area contributed by atoms with Crippen molar-refractivity contribution in [2.75, 3.05) is 0 Å². The van der Waals surface area contributed by atoms with Crippen LogP contribution in [0.25, 0.3) is 0 Å². The van der Waals surface area contributed by atoms with Crippen LogP contribution in [-0.2, 0) is 4.79 Å². The summed E-state index contributed by atoms with van der Waals surface area (Å²) >= 11 is 0. The average molecular weight is 177 g/mol. The minimum absolute atomic E-state index is 0.278. The van der Waals surface area contributed by atoms with Crippen molar-refractivity contribution < 1.29 is 4.79 Å². The zero-order chi connectivity index (χ0) is 10.1. The van der Waals surface area contributed by atoms with Gasteiger partial charge in [-0.25, -0.2) is 0 Å². The standard InChI is InChI=1S/C11H15NO/c1-4-8-6-7-11(3,10(12)13)9(8)5-2/h4-5H,1-2,6-7H2,3H3,(H2,12,13). The van der Waals surface area contributed by atoms with Crippen LogP contribution in [0.15, 0.2) is 36.5 Å². The van der Waals surface area contributed by atoms with E-state index in [-0.39, 0.29) is 5.91 Å². The lowest BCUT2D eigenvalue weighted by Crippen LogP contribution is -2.33. The molecule has 70 valence electrons. The molecular weight excluding hydrogens is 162 g/mol. The van der Waals surface area contributed by atoms with E-state index in [9.17, 15) is 4.79 Å². The summed E-state index contributed by atoms with van der Waals surface area (Å²) in [6.45, 7) is 9.28. The Balaban J connectivity index is 3.19. The number of hydrogen-bond donors (Lipinski definition) is 1. The molecule has 0 aromatic rings. The van der Waals surface area contributed by atoms with Crippen molar-refractivity contribution in [1.29, 1.82) is 0 Å². The van der Waals surface area contributed by atoms with Crippen LogP contribution in [0.2, 0.25) is 0 Å². The Hall–Kier alpha value is -1.31. The summed E-state index contributed by atoms with van der Waals surface area (Å²) in [5, 5.41) is 0. The van der Waals surface area contributed by atoms with Gasteiger partial charge in [0.25, 0.3) is 0 Å². The van der Waals surface area contributed by atoms with Crippen molar-refractivity contribution in [2.45, 2.75) is 19.8 Å². The third-order valence-electron chi connectivity index (χ3n) is 2.83. The van der Waals surface area contributed by atoms with Crippen LogP contribution < -0.4 is 5.73 Å². The maximum Gasteiger partial charge on any atom is 0.227 e. The molecule has 0 saturated heterocycles. The molecule has 0 aliphatic heterocycles. The van der Waals surface area contributed by atoms with E-state index in [1.54, 1.807) is 12.2 Å². The Labute approximate surface area is 78.8 Å². The van der Waals surface area contributed by atoms with E-state index >= 15 is 0 Å². The minimum atomic E-state index is -0.536. The van der Waals surface area contributed by atoms with E-state index in [1.165, 1.54) is 0 Å². The molecule has 0 fully saturated rings. The molecule has 0 bridgehead atoms. The second-order valence-corrected chi connectivity index (χ2v) is 3.54. The summed E-state index contributed by atoms with van der Waals surface area (Å²) in [5.74, 6) is -0.278. The highest BCUT2D eigenvalue weighted by atomic mass is 16.1. The summed E-state index contributed by atoms with van der Waals surface area (Å²) in [4.78, 5) is 11.3. The molecule has 2 nitrogen and oxygen atoms in total. The predicted molar refractivity (Wildman–Crippen MR) is 54.0 cm³/mol. The molecule has 1 amide bonds. The van der Waals surface area contributed by atoms with E-state index in [0.717, 1.165) is 24.0 Å². The number of allylic oxidation sites excluding steroid dienone is 3. The van der Waals surface area contributed by atoms with E-state index < -0.39 is 5.41 Å². The molecule has 0 spiro atoms. The molecule has 1 rings (SSSR count). The second-order valence-electron chi connectivity index (χ2n) is 3.54. The van der Waals surface area contributed by atoms with E-state index in [2.05, 4.69) is 13.2 Å². The van der Waals surface area contributed by atoms with Gasteiger partial charge >= 0.3 is 0 Å². The third kappa shape index (κ3) is 1.32. The molecule has 1 unspecified atom stereocenters. The van der Waals surface area contributed by atoms with Gasteiger partial charge < -0.3 is 5.73 Å². The van der Waals surface area contributed by atoms with Crippen LogP contribution >= 0.6 is 0 Å². The van der Waals surface area contributed by atoms with Crippen molar-refractivity contribution in [3.63, 3.8) is 0 Å². The first kappa shape index (κ1) is 9.78. The van der Waals surface area contributed by atoms with E-state index in [0.29, 0.717) is 0 Å². The van der Waals surface area contributed by atoms with Crippen LogP contribution in [-0.4, -0.2) is 5.91 Å². The second kappa shape index (κ2) is 3.21. The first-order valence-electron chi connectivity index (χ1n) is 4.34. The summed E-state index contributed by atoms with van der Waals surface area (Å²) < 4.78 is 0. The van der Waals surface area contributed by atoms with Gasteiger partial charge in [0.15, 0.2) is 0 Å². The highest BCUT2D eigenvalue weighted by Gasteiger charge is 2.39. The predicted octanol–water partition coefficient (Wildman–Crippen LogP) is 1.94. The zero-order valence-electron chi connectivity index (χ0n) is 7.97. The summed E-state index contributed by atoms with van der Waals surface area (Å²) in [6, 6.07) is 0. The van der Waals surface area contributed by atoms with Crippen LogP contribution in [0.1, 0.15) is 19.8 Å². The SMILES string of the molecule is C=CC1=C(C=C)C(C)(C(N)=O)CC1. The minimum Gasteiger partial charge on any atom is -0.369 e. The van der Waals surface area contributed by atoms with Crippen molar-refractivity contribution in [3.8, 4) is 0 Å². The van der Waals surface area contributed by atoms with Crippen LogP contribution in [0.4, 0.5) is 0 Å². The molecule has 0 saturated carbocycles. The normalized spacial score (nSPS) is 27.5. The molecule has 1 aliphatic carbocycles. The smallest absolute Gasteiger partial charge is 0.227 e. The van der Waals surface area contributed by atoms with Gasteiger partial charge in [0, 0.05) is 0 Å². The number of nitrogens with two attached hydrogens (primary N) is 1. The Bertz CT molecular complexity index is 301. The molecular formula is C11H15NO. The number of carbonyl (C=O) groups is 1. The Kier molecular flexibility index (Phi) is 2.41. The topological polar surface area (TPSA) is 43.1 Å². The fourth-order valence-corrected chi connectivity index (χ4v) is 1.83. The Morgan fingerprint density at radius 1 is 1.54 bits per heavy atom. The molecule has 2 N–H and O–H groups in total. The molecule has 1 aliphatic rings. The highest BCUT2D eigenvalue weighted by molar-refractivity contribution is 5.86. The van der Waals surface area contributed by atoms with Gasteiger partial charge in [-0.05, 0) is 30.9 Å². The molecule has 0 radical (unpaired) electrons. The van der Waals surface area contributed by atoms with Crippen molar-refractivity contribution in [1.82, 2.24) is 0 Å². The van der Waals surface area contributed by atoms with Crippen molar-refractivity contribution in [2.24, 2.45) is 11.1 Å². The van der Waals surface area contributed by atoms with Crippen molar-refractivity contribution >= 4 is 5.91 Å². The number of rotatable bonds is 3. The lowest BCUT2D eigenvalue weighted by Gasteiger charge is -2.21. The van der Waals surface area contributed by atoms with Gasteiger partial charge in [-0.2, -0.15) is 0 Å². The lowest BCUT2D eigenvalue weighted by molar-refractivity contribution is -0.124. The van der Waals surface area contributed by atoms with Gasteiger partial charge in [-0.15, -0.1) is 0 Å². The van der Waals surface area contributed by atoms with E-state index in [1.807, 2.05) is 6.92 Å². The number of hydrogen-bond acceptors (Lipinski definition) is 1. The maximum absolute atomic E-state index is 11.3. The molecule has 0 aromatic heterocycles. The molecule has 2 heteroatoms. The Morgan fingerprint density at radius 2 is 2.15 bits per heavy atom. The Morgan fingerprint density at radius 3 is 2.54 bits per heavy atom. The van der Waals surface area contributed by atoms with E-state index in [4.69, 9.17) is 5.73 Å². The lowest BCUT2D eigenvalue weighted by atomic mass is 9.82. The van der Waals surface area contributed by atoms with Gasteiger partial charge in [0.1, 0.15) is 0 Å². The third-order valence-corrected chi connectivity index (χ3v) is 2.83. The summed E-state index contributed by atoms with van der Waals surface area (Å²) in [7, 11) is 0. The number of carbonyl (C=O) groups excluding carboxylic acids is 1. The molecule has 0 aromatic carbocycles. The highest BCUT2D eigenvalue weighted by Crippen LogP contribution is 2.43. The fraction of sp³-hybridized carbons (Fsp3) is 0.364. The van der Waals surface area contributed by atoms with Gasteiger partial charge in [-0.3, -0.25) is 4.79 Å². The monoisotopic (exact) mass is 177 g/mol. The fourth-order valence-electron chi connectivity index (χ4n) is 1.83. The average Bonchev–Trinajstić information content (AvgIpc) is 2.43. The summed E-state index contributed by atoms with van der Waals surface area (Å²) in [5.41, 5.74) is 6.86. The number of primary amides is 1. The van der Waals surface area contributed by atoms with Crippen LogP contribution in [0.3, 0.4) is 0 Å². The van der Waals surface area contributed by atoms with Crippen LogP contribution in [0.5, 0.6) is 0 Å². The van der Waals surface area contributed by atoms with Crippen LogP contribution in [0, 0.1) is 5.41 Å². The molecule has 13 heavy (non-hydrogen) atoms.